The van der Waals surface area contributed by atoms with Crippen LogP contribution in [0.15, 0.2) is 64.8 Å². The maximum absolute atomic E-state index is 11.4. The van der Waals surface area contributed by atoms with E-state index in [2.05, 4.69) is 26.0 Å². The van der Waals surface area contributed by atoms with Gasteiger partial charge in [-0.05, 0) is 75.2 Å². The van der Waals surface area contributed by atoms with Crippen molar-refractivity contribution < 1.29 is 19.5 Å². The van der Waals surface area contributed by atoms with E-state index in [0.717, 1.165) is 22.5 Å². The number of hydrogen-bond acceptors (Lipinski definition) is 10. The summed E-state index contributed by atoms with van der Waals surface area (Å²) >= 11 is 0. The van der Waals surface area contributed by atoms with Crippen LogP contribution in [-0.4, -0.2) is 49.5 Å². The van der Waals surface area contributed by atoms with Gasteiger partial charge in [0.25, 0.3) is 5.69 Å². The number of anilines is 3. The zero-order chi connectivity index (χ0) is 28.4. The number of aliphatic hydroxyl groups excluding tert-OH is 1. The van der Waals surface area contributed by atoms with Crippen LogP contribution in [0, 0.1) is 24.0 Å². The van der Waals surface area contributed by atoms with E-state index in [1.54, 1.807) is 32.2 Å². The van der Waals surface area contributed by atoms with Gasteiger partial charge in [0.1, 0.15) is 5.75 Å². The third-order valence-electron chi connectivity index (χ3n) is 5.87. The zero-order valence-electron chi connectivity index (χ0n) is 23.0. The molecule has 3 aromatic rings. The van der Waals surface area contributed by atoms with Gasteiger partial charge in [0, 0.05) is 30.9 Å². The van der Waals surface area contributed by atoms with E-state index in [1.807, 2.05) is 51.1 Å². The SMILES string of the molecule is COc1cc(/N=N/c2ccc(C)cc2[N+](=O)[O-])c(C)cc1NNc1ccc(N(CCO)CCOC(C)C)cc1. The molecule has 0 radical (unpaired) electrons. The molecule has 0 unspecified atom stereocenters. The van der Waals surface area contributed by atoms with Crippen LogP contribution in [0.3, 0.4) is 0 Å². The summed E-state index contributed by atoms with van der Waals surface area (Å²) in [5.41, 5.74) is 11.0. The minimum Gasteiger partial charge on any atom is -0.494 e. The Hall–Kier alpha value is -4.22. The van der Waals surface area contributed by atoms with Crippen LogP contribution in [0.4, 0.5) is 34.1 Å². The molecule has 0 aliphatic heterocycles. The third kappa shape index (κ3) is 8.39. The Labute approximate surface area is 228 Å². The molecule has 3 N–H and O–H groups in total. The molecule has 0 saturated heterocycles. The van der Waals surface area contributed by atoms with E-state index in [0.29, 0.717) is 36.8 Å². The average Bonchev–Trinajstić information content (AvgIpc) is 2.91. The fraction of sp³-hybridized carbons (Fsp3) is 0.357. The second-order valence-corrected chi connectivity index (χ2v) is 9.22. The summed E-state index contributed by atoms with van der Waals surface area (Å²) in [7, 11) is 1.55. The molecule has 39 heavy (non-hydrogen) atoms. The quantitative estimate of drug-likeness (QED) is 0.124. The fourth-order valence-electron chi connectivity index (χ4n) is 3.81. The lowest BCUT2D eigenvalue weighted by Crippen LogP contribution is -2.31. The normalized spacial score (nSPS) is 11.2. The number of nitrogens with one attached hydrogen (secondary N) is 2. The lowest BCUT2D eigenvalue weighted by Gasteiger charge is -2.24. The Bertz CT molecular complexity index is 1280. The number of hydrogen-bond donors (Lipinski definition) is 3. The molecular weight excluding hydrogens is 500 g/mol. The van der Waals surface area contributed by atoms with Crippen LogP contribution in [0.2, 0.25) is 0 Å². The predicted octanol–water partition coefficient (Wildman–Crippen LogP) is 6.30. The fourth-order valence-corrected chi connectivity index (χ4v) is 3.81. The second-order valence-electron chi connectivity index (χ2n) is 9.22. The Morgan fingerprint density at radius 3 is 2.36 bits per heavy atom. The van der Waals surface area contributed by atoms with Gasteiger partial charge in [-0.25, -0.2) is 0 Å². The molecule has 0 heterocycles. The highest BCUT2D eigenvalue weighted by atomic mass is 16.6. The largest absolute Gasteiger partial charge is 0.494 e. The van der Waals surface area contributed by atoms with Gasteiger partial charge in [-0.2, -0.15) is 0 Å². The van der Waals surface area contributed by atoms with Crippen molar-refractivity contribution >= 4 is 34.1 Å². The van der Waals surface area contributed by atoms with Gasteiger partial charge in [0.15, 0.2) is 5.69 Å². The maximum atomic E-state index is 11.4. The minimum atomic E-state index is -0.467. The molecule has 0 atom stereocenters. The Morgan fingerprint density at radius 1 is 1.00 bits per heavy atom. The van der Waals surface area contributed by atoms with Crippen LogP contribution >= 0.6 is 0 Å². The first-order chi connectivity index (χ1) is 18.7. The van der Waals surface area contributed by atoms with Crippen molar-refractivity contribution in [2.24, 2.45) is 10.2 Å². The van der Waals surface area contributed by atoms with Crippen molar-refractivity contribution in [3.63, 3.8) is 0 Å². The molecule has 0 saturated carbocycles. The van der Waals surface area contributed by atoms with E-state index in [-0.39, 0.29) is 24.1 Å². The highest BCUT2D eigenvalue weighted by Gasteiger charge is 2.14. The first kappa shape index (κ1) is 29.3. The Kier molecular flexibility index (Phi) is 10.6. The van der Waals surface area contributed by atoms with Crippen LogP contribution in [-0.2, 0) is 4.74 Å². The summed E-state index contributed by atoms with van der Waals surface area (Å²) in [6.45, 7) is 9.49. The number of rotatable bonds is 14. The molecule has 3 aromatic carbocycles. The molecule has 0 amide bonds. The number of nitrogens with zero attached hydrogens (tertiary/aromatic N) is 4. The third-order valence-corrected chi connectivity index (χ3v) is 5.87. The van der Waals surface area contributed by atoms with Gasteiger partial charge >= 0.3 is 0 Å². The molecule has 11 heteroatoms. The van der Waals surface area contributed by atoms with Gasteiger partial charge in [0.2, 0.25) is 0 Å². The highest BCUT2D eigenvalue weighted by molar-refractivity contribution is 5.68. The minimum absolute atomic E-state index is 0.0554. The number of ether oxygens (including phenoxy) is 2. The van der Waals surface area contributed by atoms with E-state index >= 15 is 0 Å². The number of azo groups is 1. The summed E-state index contributed by atoms with van der Waals surface area (Å²) < 4.78 is 11.2. The summed E-state index contributed by atoms with van der Waals surface area (Å²) in [5, 5.41) is 29.2. The number of nitro benzene ring substituents is 1. The van der Waals surface area contributed by atoms with Gasteiger partial charge in [-0.3, -0.25) is 15.5 Å². The van der Waals surface area contributed by atoms with Crippen molar-refractivity contribution in [1.82, 2.24) is 0 Å². The molecule has 208 valence electrons. The molecular formula is C28H36N6O5. The summed E-state index contributed by atoms with van der Waals surface area (Å²) in [6, 6.07) is 16.2. The number of methoxy groups -OCH3 is 1. The first-order valence-electron chi connectivity index (χ1n) is 12.7. The monoisotopic (exact) mass is 536 g/mol. The predicted molar refractivity (Wildman–Crippen MR) is 154 cm³/mol. The topological polar surface area (TPSA) is 134 Å². The number of aryl methyl sites for hydroxylation is 2. The van der Waals surface area contributed by atoms with E-state index in [4.69, 9.17) is 9.47 Å². The van der Waals surface area contributed by atoms with Gasteiger partial charge in [-0.1, -0.05) is 6.07 Å². The average molecular weight is 537 g/mol. The molecule has 11 nitrogen and oxygen atoms in total. The first-order valence-corrected chi connectivity index (χ1v) is 12.7. The summed E-state index contributed by atoms with van der Waals surface area (Å²) in [4.78, 5) is 13.0. The van der Waals surface area contributed by atoms with Crippen molar-refractivity contribution in [3.8, 4) is 5.75 Å². The van der Waals surface area contributed by atoms with Crippen molar-refractivity contribution in [2.75, 3.05) is 49.2 Å². The molecule has 0 bridgehead atoms. The number of aliphatic hydroxyl groups is 1. The van der Waals surface area contributed by atoms with Crippen LogP contribution in [0.5, 0.6) is 5.75 Å². The molecule has 0 aliphatic carbocycles. The number of nitro groups is 1. The molecule has 0 spiro atoms. The van der Waals surface area contributed by atoms with E-state index < -0.39 is 4.92 Å². The standard InChI is InChI=1S/C28H36N6O5/c1-19(2)39-15-13-33(12-14-35)23-9-7-22(8-10-23)29-32-26-17-21(4)25(18-28(26)38-5)31-30-24-11-6-20(3)16-27(24)34(36)37/h6-11,16-19,29,32,35H,12-15H2,1-5H3/b31-30+. The number of hydrazine groups is 1. The van der Waals surface area contributed by atoms with Gasteiger partial charge in [0.05, 0.1) is 48.4 Å². The van der Waals surface area contributed by atoms with Gasteiger partial charge in [-0.15, -0.1) is 10.2 Å². The molecule has 0 fully saturated rings. The molecule has 0 aromatic heterocycles. The van der Waals surface area contributed by atoms with Crippen LogP contribution in [0.1, 0.15) is 25.0 Å². The second kappa shape index (κ2) is 14.1. The van der Waals surface area contributed by atoms with Crippen LogP contribution < -0.4 is 20.5 Å². The van der Waals surface area contributed by atoms with Crippen molar-refractivity contribution in [2.45, 2.75) is 33.8 Å². The lowest BCUT2D eigenvalue weighted by molar-refractivity contribution is -0.384. The van der Waals surface area contributed by atoms with Crippen LogP contribution in [0.25, 0.3) is 0 Å². The lowest BCUT2D eigenvalue weighted by atomic mass is 10.1. The maximum Gasteiger partial charge on any atom is 0.296 e. The molecule has 3 rings (SSSR count). The molecule has 0 aliphatic rings. The van der Waals surface area contributed by atoms with E-state index in [1.165, 1.54) is 6.07 Å². The van der Waals surface area contributed by atoms with Crippen molar-refractivity contribution in [3.05, 3.63) is 75.8 Å². The van der Waals surface area contributed by atoms with Gasteiger partial charge < -0.3 is 24.9 Å². The Morgan fingerprint density at radius 2 is 1.72 bits per heavy atom. The number of benzene rings is 3. The Balaban J connectivity index is 1.70. The van der Waals surface area contributed by atoms with E-state index in [9.17, 15) is 15.2 Å². The zero-order valence-corrected chi connectivity index (χ0v) is 23.0. The summed E-state index contributed by atoms with van der Waals surface area (Å²) in [5.74, 6) is 0.524. The van der Waals surface area contributed by atoms with Crippen molar-refractivity contribution in [1.29, 1.82) is 0 Å². The smallest absolute Gasteiger partial charge is 0.296 e. The highest BCUT2D eigenvalue weighted by Crippen LogP contribution is 2.35. The summed E-state index contributed by atoms with van der Waals surface area (Å²) in [6.07, 6.45) is 0.158.